The number of thioether (sulfide) groups is 1. The molecule has 3 aromatic rings. The molecular weight excluding hydrogens is 413 g/mol. The predicted molar refractivity (Wildman–Crippen MR) is 123 cm³/mol. The van der Waals surface area contributed by atoms with Crippen molar-refractivity contribution in [3.05, 3.63) is 102 Å². The molecule has 31 heavy (non-hydrogen) atoms. The smallest absolute Gasteiger partial charge is 0.283 e. The van der Waals surface area contributed by atoms with Crippen molar-refractivity contribution in [1.82, 2.24) is 0 Å². The maximum Gasteiger partial charge on any atom is 0.283 e. The van der Waals surface area contributed by atoms with Crippen molar-refractivity contribution in [2.24, 2.45) is 4.99 Å². The lowest BCUT2D eigenvalue weighted by atomic mass is 10.2. The van der Waals surface area contributed by atoms with Gasteiger partial charge in [0.25, 0.3) is 5.91 Å². The van der Waals surface area contributed by atoms with Gasteiger partial charge in [0.15, 0.2) is 5.17 Å². The molecule has 4 rings (SSSR count). The molecule has 0 aromatic heterocycles. The highest BCUT2D eigenvalue weighted by Crippen LogP contribution is 2.29. The van der Waals surface area contributed by atoms with Gasteiger partial charge in [0.05, 0.1) is 11.4 Å². The molecule has 0 atom stereocenters. The highest BCUT2D eigenvalue weighted by molar-refractivity contribution is 8.14. The molecule has 0 saturated heterocycles. The lowest BCUT2D eigenvalue weighted by Crippen LogP contribution is -2.31. The summed E-state index contributed by atoms with van der Waals surface area (Å²) in [6.45, 7) is 0. The summed E-state index contributed by atoms with van der Waals surface area (Å²) in [6, 6.07) is 24.2. The second-order valence-electron chi connectivity index (χ2n) is 6.65. The Morgan fingerprint density at radius 2 is 1.61 bits per heavy atom. The molecule has 1 aliphatic heterocycles. The van der Waals surface area contributed by atoms with Crippen LogP contribution in [0, 0.1) is 5.82 Å². The number of halogens is 1. The van der Waals surface area contributed by atoms with Crippen LogP contribution in [0.15, 0.2) is 95.6 Å². The maximum absolute atomic E-state index is 13.1. The van der Waals surface area contributed by atoms with Gasteiger partial charge in [-0.3, -0.25) is 14.5 Å². The molecule has 0 spiro atoms. The zero-order chi connectivity index (χ0) is 21.6. The summed E-state index contributed by atoms with van der Waals surface area (Å²) < 4.78 is 13.0. The molecule has 1 heterocycles. The predicted octanol–water partition coefficient (Wildman–Crippen LogP) is 4.94. The summed E-state index contributed by atoms with van der Waals surface area (Å²) in [5.74, 6) is -0.856. The first-order valence-electron chi connectivity index (χ1n) is 9.53. The van der Waals surface area contributed by atoms with E-state index in [2.05, 4.69) is 10.3 Å². The van der Waals surface area contributed by atoms with Gasteiger partial charge in [-0.1, -0.05) is 60.3 Å². The fourth-order valence-electron chi connectivity index (χ4n) is 2.97. The molecule has 1 N–H and O–H groups in total. The Labute approximate surface area is 183 Å². The number of anilines is 2. The Morgan fingerprint density at radius 3 is 2.29 bits per heavy atom. The molecule has 3 aromatic carbocycles. The van der Waals surface area contributed by atoms with Crippen LogP contribution in [0.4, 0.5) is 15.8 Å². The number of para-hydroxylation sites is 1. The molecule has 7 heteroatoms. The number of benzene rings is 3. The molecular formula is C24H18FN3O2S. The van der Waals surface area contributed by atoms with Gasteiger partial charge in [-0.05, 0) is 48.0 Å². The average molecular weight is 431 g/mol. The van der Waals surface area contributed by atoms with Crippen LogP contribution < -0.4 is 10.2 Å². The monoisotopic (exact) mass is 431 g/mol. The molecule has 0 unspecified atom stereocenters. The molecule has 0 aliphatic carbocycles. The zero-order valence-corrected chi connectivity index (χ0v) is 17.2. The molecule has 0 saturated carbocycles. The van der Waals surface area contributed by atoms with Crippen LogP contribution in [-0.4, -0.2) is 22.7 Å². The maximum atomic E-state index is 13.1. The van der Waals surface area contributed by atoms with Crippen molar-refractivity contribution in [3.8, 4) is 0 Å². The standard InChI is InChI=1S/C24H18FN3O2S/c25-18-11-13-19(14-12-18)26-22(29)16-31-24-27-21(15-17-7-3-1-4-8-17)23(30)28(24)20-9-5-2-6-10-20/h1-15H,16H2,(H,26,29)/b21-15+. The fraction of sp³-hybridized carbons (Fsp3) is 0.0417. The Morgan fingerprint density at radius 1 is 0.968 bits per heavy atom. The van der Waals surface area contributed by atoms with Crippen LogP contribution in [-0.2, 0) is 9.59 Å². The highest BCUT2D eigenvalue weighted by Gasteiger charge is 2.32. The van der Waals surface area contributed by atoms with E-state index in [1.807, 2.05) is 60.7 Å². The first kappa shape index (κ1) is 20.6. The van der Waals surface area contributed by atoms with Crippen molar-refractivity contribution in [1.29, 1.82) is 0 Å². The molecule has 154 valence electrons. The van der Waals surface area contributed by atoms with Crippen LogP contribution in [0.25, 0.3) is 6.08 Å². The average Bonchev–Trinajstić information content (AvgIpc) is 3.10. The van der Waals surface area contributed by atoms with Crippen molar-refractivity contribution < 1.29 is 14.0 Å². The third kappa shape index (κ3) is 5.07. The normalized spacial score (nSPS) is 14.6. The number of nitrogens with zero attached hydrogens (tertiary/aromatic N) is 2. The number of amides is 2. The van der Waals surface area contributed by atoms with Gasteiger partial charge in [0.1, 0.15) is 11.5 Å². The molecule has 2 amide bonds. The van der Waals surface area contributed by atoms with Crippen LogP contribution in [0.5, 0.6) is 0 Å². The number of rotatable bonds is 5. The first-order valence-corrected chi connectivity index (χ1v) is 10.5. The Kier molecular flexibility index (Phi) is 6.24. The molecule has 0 fully saturated rings. The van der Waals surface area contributed by atoms with Crippen molar-refractivity contribution in [2.75, 3.05) is 16.0 Å². The van der Waals surface area contributed by atoms with Gasteiger partial charge < -0.3 is 5.32 Å². The van der Waals surface area contributed by atoms with Crippen LogP contribution >= 0.6 is 11.8 Å². The second-order valence-corrected chi connectivity index (χ2v) is 7.60. The minimum absolute atomic E-state index is 0.0471. The van der Waals surface area contributed by atoms with E-state index >= 15 is 0 Å². The van der Waals surface area contributed by atoms with E-state index in [0.29, 0.717) is 22.2 Å². The van der Waals surface area contributed by atoms with E-state index in [1.165, 1.54) is 29.2 Å². The van der Waals surface area contributed by atoms with E-state index in [1.54, 1.807) is 6.08 Å². The summed E-state index contributed by atoms with van der Waals surface area (Å²) in [5.41, 5.74) is 2.34. The number of carbonyl (C=O) groups is 2. The number of hydrogen-bond acceptors (Lipinski definition) is 4. The Balaban J connectivity index is 1.53. The minimum Gasteiger partial charge on any atom is -0.325 e. The van der Waals surface area contributed by atoms with Gasteiger partial charge >= 0.3 is 0 Å². The van der Waals surface area contributed by atoms with Crippen molar-refractivity contribution in [3.63, 3.8) is 0 Å². The lowest BCUT2D eigenvalue weighted by molar-refractivity contribution is -0.114. The van der Waals surface area contributed by atoms with Crippen LogP contribution in [0.3, 0.4) is 0 Å². The van der Waals surface area contributed by atoms with E-state index in [4.69, 9.17) is 0 Å². The lowest BCUT2D eigenvalue weighted by Gasteiger charge is -2.17. The van der Waals surface area contributed by atoms with Gasteiger partial charge in [0, 0.05) is 5.69 Å². The number of aliphatic imine (C=N–C) groups is 1. The number of amidine groups is 1. The largest absolute Gasteiger partial charge is 0.325 e. The molecule has 0 bridgehead atoms. The summed E-state index contributed by atoms with van der Waals surface area (Å²) in [6.07, 6.45) is 1.73. The quantitative estimate of drug-likeness (QED) is 0.582. The van der Waals surface area contributed by atoms with E-state index in [9.17, 15) is 14.0 Å². The van der Waals surface area contributed by atoms with E-state index < -0.39 is 0 Å². The molecule has 5 nitrogen and oxygen atoms in total. The summed E-state index contributed by atoms with van der Waals surface area (Å²) in [5, 5.41) is 3.13. The van der Waals surface area contributed by atoms with Gasteiger partial charge in [-0.15, -0.1) is 0 Å². The third-order valence-electron chi connectivity index (χ3n) is 4.41. The van der Waals surface area contributed by atoms with Gasteiger partial charge in [-0.2, -0.15) is 0 Å². The SMILES string of the molecule is O=C(CSC1=N/C(=C/c2ccccc2)C(=O)N1c1ccccc1)Nc1ccc(F)cc1. The fourth-order valence-corrected chi connectivity index (χ4v) is 3.78. The summed E-state index contributed by atoms with van der Waals surface area (Å²) in [7, 11) is 0. The molecule has 1 aliphatic rings. The minimum atomic E-state index is -0.373. The second kappa shape index (κ2) is 9.40. The third-order valence-corrected chi connectivity index (χ3v) is 5.35. The molecule has 0 radical (unpaired) electrons. The number of carbonyl (C=O) groups excluding carboxylic acids is 2. The number of nitrogens with one attached hydrogen (secondary N) is 1. The van der Waals surface area contributed by atoms with E-state index in [0.717, 1.165) is 17.3 Å². The summed E-state index contributed by atoms with van der Waals surface area (Å²) >= 11 is 1.16. The van der Waals surface area contributed by atoms with E-state index in [-0.39, 0.29) is 23.4 Å². The topological polar surface area (TPSA) is 61.8 Å². The van der Waals surface area contributed by atoms with Gasteiger partial charge in [-0.25, -0.2) is 9.38 Å². The van der Waals surface area contributed by atoms with Crippen molar-refractivity contribution in [2.45, 2.75) is 0 Å². The highest BCUT2D eigenvalue weighted by atomic mass is 32.2. The van der Waals surface area contributed by atoms with Gasteiger partial charge in [0.2, 0.25) is 5.91 Å². The Bertz CT molecular complexity index is 1150. The van der Waals surface area contributed by atoms with Crippen LogP contribution in [0.1, 0.15) is 5.56 Å². The van der Waals surface area contributed by atoms with Crippen molar-refractivity contribution >= 4 is 46.2 Å². The number of hydrogen-bond donors (Lipinski definition) is 1. The zero-order valence-electron chi connectivity index (χ0n) is 16.4. The van der Waals surface area contributed by atoms with Crippen LogP contribution in [0.2, 0.25) is 0 Å². The summed E-state index contributed by atoms with van der Waals surface area (Å²) in [4.78, 5) is 31.4. The first-order chi connectivity index (χ1) is 15.1. The Hall–Kier alpha value is -3.71.